The van der Waals surface area contributed by atoms with E-state index in [1.807, 2.05) is 20.0 Å². The Labute approximate surface area is 133 Å². The number of aromatic nitrogens is 4. The van der Waals surface area contributed by atoms with E-state index < -0.39 is 0 Å². The molecule has 1 aliphatic rings. The first kappa shape index (κ1) is 14.6. The number of nitrogens with one attached hydrogen (secondary N) is 2. The molecule has 1 saturated carbocycles. The van der Waals surface area contributed by atoms with Crippen LogP contribution in [-0.4, -0.2) is 25.7 Å². The Morgan fingerprint density at radius 2 is 2.27 bits per heavy atom. The molecule has 114 valence electrons. The smallest absolute Gasteiger partial charge is 0.248 e. The molecular weight excluding hydrogens is 298 g/mol. The first-order valence-electron chi connectivity index (χ1n) is 7.10. The largest absolute Gasteiger partial charge is 0.321 e. The molecule has 1 fully saturated rings. The van der Waals surface area contributed by atoms with Crippen molar-refractivity contribution in [2.75, 3.05) is 5.32 Å². The summed E-state index contributed by atoms with van der Waals surface area (Å²) in [5.74, 6) is 1.14. The molecule has 0 aromatic carbocycles. The number of hydrogen-bond donors (Lipinski definition) is 2. The molecule has 0 radical (unpaired) electrons. The van der Waals surface area contributed by atoms with Crippen molar-refractivity contribution in [3.8, 4) is 11.4 Å². The highest BCUT2D eigenvalue weighted by Crippen LogP contribution is 2.35. The molecule has 1 amide bonds. The monoisotopic (exact) mass is 315 g/mol. The van der Waals surface area contributed by atoms with Crippen LogP contribution in [-0.2, 0) is 11.8 Å². The minimum Gasteiger partial charge on any atom is -0.321 e. The van der Waals surface area contributed by atoms with Crippen molar-refractivity contribution in [1.29, 1.82) is 0 Å². The SMILES string of the molecule is C/C(=C\C(=O)Nc1cncc(-c2n[nH]c(=S)n2C)c1)C1CC1. The molecule has 1 aliphatic carbocycles. The van der Waals surface area contributed by atoms with E-state index in [0.717, 1.165) is 11.1 Å². The van der Waals surface area contributed by atoms with E-state index in [2.05, 4.69) is 20.5 Å². The van der Waals surface area contributed by atoms with Crippen molar-refractivity contribution in [2.45, 2.75) is 19.8 Å². The molecule has 2 heterocycles. The fraction of sp³-hybridized carbons (Fsp3) is 0.333. The summed E-state index contributed by atoms with van der Waals surface area (Å²) >= 11 is 5.10. The van der Waals surface area contributed by atoms with Gasteiger partial charge in [0.05, 0.1) is 11.9 Å². The molecule has 0 unspecified atom stereocenters. The Balaban J connectivity index is 1.79. The predicted octanol–water partition coefficient (Wildman–Crippen LogP) is 2.83. The molecular formula is C15H17N5OS. The van der Waals surface area contributed by atoms with Gasteiger partial charge in [0.25, 0.3) is 0 Å². The van der Waals surface area contributed by atoms with Crippen LogP contribution in [0.15, 0.2) is 30.1 Å². The van der Waals surface area contributed by atoms with E-state index in [1.54, 1.807) is 23.0 Å². The van der Waals surface area contributed by atoms with Crippen molar-refractivity contribution < 1.29 is 4.79 Å². The first-order valence-corrected chi connectivity index (χ1v) is 7.51. The van der Waals surface area contributed by atoms with Gasteiger partial charge >= 0.3 is 0 Å². The van der Waals surface area contributed by atoms with Gasteiger partial charge in [0.2, 0.25) is 5.91 Å². The third-order valence-corrected chi connectivity index (χ3v) is 4.09. The summed E-state index contributed by atoms with van der Waals surface area (Å²) in [5.41, 5.74) is 2.56. The van der Waals surface area contributed by atoms with Crippen LogP contribution in [0.5, 0.6) is 0 Å². The summed E-state index contributed by atoms with van der Waals surface area (Å²) < 4.78 is 2.29. The van der Waals surface area contributed by atoms with Gasteiger partial charge in [-0.1, -0.05) is 5.57 Å². The van der Waals surface area contributed by atoms with Gasteiger partial charge in [-0.25, -0.2) is 0 Å². The van der Waals surface area contributed by atoms with Crippen molar-refractivity contribution in [3.63, 3.8) is 0 Å². The summed E-state index contributed by atoms with van der Waals surface area (Å²) in [7, 11) is 1.83. The van der Waals surface area contributed by atoms with Crippen LogP contribution in [0.4, 0.5) is 5.69 Å². The Kier molecular flexibility index (Phi) is 3.89. The highest BCUT2D eigenvalue weighted by molar-refractivity contribution is 7.71. The van der Waals surface area contributed by atoms with Crippen LogP contribution in [0.2, 0.25) is 0 Å². The van der Waals surface area contributed by atoms with Crippen LogP contribution in [0, 0.1) is 10.7 Å². The molecule has 0 saturated heterocycles. The number of carbonyl (C=O) groups excluding carboxylic acids is 1. The third kappa shape index (κ3) is 3.14. The zero-order valence-corrected chi connectivity index (χ0v) is 13.3. The minimum atomic E-state index is -0.126. The molecule has 2 aromatic rings. The van der Waals surface area contributed by atoms with Crippen molar-refractivity contribution in [1.82, 2.24) is 19.7 Å². The molecule has 6 nitrogen and oxygen atoms in total. The topological polar surface area (TPSA) is 75.6 Å². The standard InChI is InChI=1S/C15H17N5OS/c1-9(10-3-4-10)5-13(21)17-12-6-11(7-16-8-12)14-18-19-15(22)20(14)2/h5-8,10H,3-4H2,1-2H3,(H,17,21)(H,19,22)/b9-5+. The summed E-state index contributed by atoms with van der Waals surface area (Å²) in [6.07, 6.45) is 7.34. The average molecular weight is 315 g/mol. The van der Waals surface area contributed by atoms with E-state index in [1.165, 1.54) is 12.8 Å². The zero-order chi connectivity index (χ0) is 15.7. The molecule has 0 atom stereocenters. The van der Waals surface area contributed by atoms with Gasteiger partial charge in [-0.15, -0.1) is 0 Å². The summed E-state index contributed by atoms with van der Waals surface area (Å²) in [6, 6.07) is 1.83. The molecule has 7 heteroatoms. The fourth-order valence-corrected chi connectivity index (χ4v) is 2.41. The van der Waals surface area contributed by atoms with Crippen molar-refractivity contribution in [3.05, 3.63) is 34.9 Å². The predicted molar refractivity (Wildman–Crippen MR) is 86.7 cm³/mol. The number of nitrogens with zero attached hydrogens (tertiary/aromatic N) is 3. The highest BCUT2D eigenvalue weighted by Gasteiger charge is 2.23. The van der Waals surface area contributed by atoms with Crippen LogP contribution >= 0.6 is 12.2 Å². The number of anilines is 1. The lowest BCUT2D eigenvalue weighted by atomic mass is 10.2. The highest BCUT2D eigenvalue weighted by atomic mass is 32.1. The summed E-state index contributed by atoms with van der Waals surface area (Å²) in [4.78, 5) is 16.2. The van der Waals surface area contributed by atoms with Gasteiger partial charge in [0.1, 0.15) is 0 Å². The van der Waals surface area contributed by atoms with E-state index in [-0.39, 0.29) is 5.91 Å². The first-order chi connectivity index (χ1) is 10.5. The molecule has 0 aliphatic heterocycles. The maximum atomic E-state index is 12.0. The lowest BCUT2D eigenvalue weighted by Crippen LogP contribution is -2.09. The Bertz CT molecular complexity index is 800. The molecule has 2 N–H and O–H groups in total. The van der Waals surface area contributed by atoms with Gasteiger partial charge in [0, 0.05) is 24.9 Å². The van der Waals surface area contributed by atoms with E-state index in [4.69, 9.17) is 12.2 Å². The number of amides is 1. The number of H-pyrrole nitrogens is 1. The molecule has 2 aromatic heterocycles. The van der Waals surface area contributed by atoms with E-state index in [0.29, 0.717) is 22.2 Å². The van der Waals surface area contributed by atoms with Crippen molar-refractivity contribution >= 4 is 23.8 Å². The van der Waals surface area contributed by atoms with Gasteiger partial charge in [-0.3, -0.25) is 14.9 Å². The van der Waals surface area contributed by atoms with Crippen LogP contribution in [0.3, 0.4) is 0 Å². The molecule has 3 rings (SSSR count). The number of hydrogen-bond acceptors (Lipinski definition) is 4. The third-order valence-electron chi connectivity index (χ3n) is 3.72. The Morgan fingerprint density at radius 1 is 1.50 bits per heavy atom. The van der Waals surface area contributed by atoms with E-state index >= 15 is 0 Å². The van der Waals surface area contributed by atoms with Gasteiger partial charge in [0.15, 0.2) is 10.6 Å². The van der Waals surface area contributed by atoms with Crippen molar-refractivity contribution in [2.24, 2.45) is 13.0 Å². The van der Waals surface area contributed by atoms with Gasteiger partial charge in [-0.05, 0) is 44.0 Å². The Hall–Kier alpha value is -2.28. The van der Waals surface area contributed by atoms with Gasteiger partial charge in [-0.2, -0.15) is 5.10 Å². The van der Waals surface area contributed by atoms with Crippen LogP contribution in [0.25, 0.3) is 11.4 Å². The number of rotatable bonds is 4. The number of pyridine rings is 1. The second-order valence-corrected chi connectivity index (χ2v) is 5.91. The number of carbonyl (C=O) groups is 1. The molecule has 22 heavy (non-hydrogen) atoms. The lowest BCUT2D eigenvalue weighted by molar-refractivity contribution is -0.112. The number of aromatic amines is 1. The molecule has 0 spiro atoms. The Morgan fingerprint density at radius 3 is 2.91 bits per heavy atom. The average Bonchev–Trinajstić information content (AvgIpc) is 3.27. The maximum absolute atomic E-state index is 12.0. The fourth-order valence-electron chi connectivity index (χ4n) is 2.28. The zero-order valence-electron chi connectivity index (χ0n) is 12.5. The quantitative estimate of drug-likeness (QED) is 0.672. The second-order valence-electron chi connectivity index (χ2n) is 5.53. The maximum Gasteiger partial charge on any atom is 0.248 e. The number of allylic oxidation sites excluding steroid dienone is 1. The van der Waals surface area contributed by atoms with Crippen LogP contribution in [0.1, 0.15) is 19.8 Å². The lowest BCUT2D eigenvalue weighted by Gasteiger charge is -2.05. The summed E-state index contributed by atoms with van der Waals surface area (Å²) in [6.45, 7) is 2.00. The van der Waals surface area contributed by atoms with Crippen LogP contribution < -0.4 is 5.32 Å². The second kappa shape index (κ2) is 5.84. The minimum absolute atomic E-state index is 0.126. The molecule has 0 bridgehead atoms. The van der Waals surface area contributed by atoms with E-state index in [9.17, 15) is 4.79 Å². The summed E-state index contributed by atoms with van der Waals surface area (Å²) in [5, 5.41) is 9.74. The normalized spacial score (nSPS) is 14.9. The van der Waals surface area contributed by atoms with Gasteiger partial charge < -0.3 is 9.88 Å².